The van der Waals surface area contributed by atoms with Crippen LogP contribution in [0.15, 0.2) is 60.7 Å². The molecule has 1 saturated heterocycles. The largest absolute Gasteiger partial charge is 0.355 e. The highest BCUT2D eigenvalue weighted by Gasteiger charge is 2.29. The first kappa shape index (κ1) is 17.3. The monoisotopic (exact) mass is 392 g/mol. The van der Waals surface area contributed by atoms with Gasteiger partial charge in [-0.15, -0.1) is 10.2 Å². The van der Waals surface area contributed by atoms with Crippen LogP contribution >= 0.6 is 11.6 Å². The number of nitrogens with zero attached hydrogens (tertiary/aromatic N) is 6. The maximum Gasteiger partial charge on any atom is 0.164 e. The number of likely N-dealkylation sites (N-methyl/N-ethyl adjacent to an activating group) is 1. The van der Waals surface area contributed by atoms with E-state index in [4.69, 9.17) is 11.6 Å². The number of para-hydroxylation sites is 1. The summed E-state index contributed by atoms with van der Waals surface area (Å²) in [5, 5.41) is 9.22. The second kappa shape index (κ2) is 6.96. The van der Waals surface area contributed by atoms with E-state index in [1.54, 1.807) is 6.33 Å². The smallest absolute Gasteiger partial charge is 0.164 e. The van der Waals surface area contributed by atoms with Crippen molar-refractivity contribution in [1.29, 1.82) is 0 Å². The summed E-state index contributed by atoms with van der Waals surface area (Å²) in [6, 6.07) is 16.4. The minimum absolute atomic E-state index is 0.703. The molecule has 3 aromatic rings. The van der Waals surface area contributed by atoms with Crippen LogP contribution in [-0.4, -0.2) is 57.8 Å². The molecule has 0 atom stereocenters. The number of fused-ring (bicyclic) bond motifs is 3. The number of benzene rings is 2. The van der Waals surface area contributed by atoms with Gasteiger partial charge in [-0.05, 0) is 37.4 Å². The molecule has 2 aromatic carbocycles. The highest BCUT2D eigenvalue weighted by molar-refractivity contribution is 6.31. The van der Waals surface area contributed by atoms with Crippen LogP contribution in [0, 0.1) is 0 Å². The molecule has 0 spiro atoms. The van der Waals surface area contributed by atoms with E-state index in [9.17, 15) is 0 Å². The van der Waals surface area contributed by atoms with E-state index < -0.39 is 0 Å². The number of aromatic nitrogens is 3. The number of halogens is 1. The summed E-state index contributed by atoms with van der Waals surface area (Å²) in [4.78, 5) is 7.05. The number of rotatable bonds is 2. The SMILES string of the molecule is CN1CCN(C2=Cc3nncn3-c3ccc(Cl)cc3N2c2ccccc2)CC1. The fraction of sp³-hybridized carbons (Fsp3) is 0.238. The van der Waals surface area contributed by atoms with Crippen molar-refractivity contribution in [3.05, 3.63) is 71.5 Å². The van der Waals surface area contributed by atoms with Gasteiger partial charge in [-0.2, -0.15) is 0 Å². The summed E-state index contributed by atoms with van der Waals surface area (Å²) in [6.45, 7) is 3.95. The van der Waals surface area contributed by atoms with Crippen molar-refractivity contribution in [2.75, 3.05) is 38.1 Å². The predicted molar refractivity (Wildman–Crippen MR) is 112 cm³/mol. The molecular formula is C21H21ClN6. The third-order valence-electron chi connectivity index (χ3n) is 5.34. The molecule has 0 aliphatic carbocycles. The Kier molecular flexibility index (Phi) is 4.30. The van der Waals surface area contributed by atoms with E-state index in [0.29, 0.717) is 5.02 Å². The van der Waals surface area contributed by atoms with Gasteiger partial charge in [0.05, 0.1) is 11.4 Å². The lowest BCUT2D eigenvalue weighted by Crippen LogP contribution is -2.46. The summed E-state index contributed by atoms with van der Waals surface area (Å²) in [5.74, 6) is 1.91. The third kappa shape index (κ3) is 2.95. The van der Waals surface area contributed by atoms with Crippen molar-refractivity contribution >= 4 is 29.1 Å². The maximum atomic E-state index is 6.43. The van der Waals surface area contributed by atoms with Crippen molar-refractivity contribution in [3.63, 3.8) is 0 Å². The molecule has 5 rings (SSSR count). The number of piperazine rings is 1. The molecule has 1 aromatic heterocycles. The molecule has 3 heterocycles. The van der Waals surface area contributed by atoms with Gasteiger partial charge < -0.3 is 9.80 Å². The molecule has 2 aliphatic rings. The average Bonchev–Trinajstić information content (AvgIpc) is 3.12. The fourth-order valence-corrected chi connectivity index (χ4v) is 3.99. The topological polar surface area (TPSA) is 40.4 Å². The summed E-state index contributed by atoms with van der Waals surface area (Å²) < 4.78 is 2.02. The van der Waals surface area contributed by atoms with Gasteiger partial charge in [-0.25, -0.2) is 0 Å². The van der Waals surface area contributed by atoms with E-state index in [-0.39, 0.29) is 0 Å². The summed E-state index contributed by atoms with van der Waals surface area (Å²) in [6.07, 6.45) is 3.88. The Balaban J connectivity index is 1.73. The minimum atomic E-state index is 0.703. The highest BCUT2D eigenvalue weighted by atomic mass is 35.5. The highest BCUT2D eigenvalue weighted by Crippen LogP contribution is 2.40. The summed E-state index contributed by atoms with van der Waals surface area (Å²) in [5.41, 5.74) is 3.12. The van der Waals surface area contributed by atoms with Gasteiger partial charge in [0.25, 0.3) is 0 Å². The van der Waals surface area contributed by atoms with Gasteiger partial charge in [0.1, 0.15) is 12.1 Å². The zero-order chi connectivity index (χ0) is 19.1. The summed E-state index contributed by atoms with van der Waals surface area (Å²) >= 11 is 6.43. The van der Waals surface area contributed by atoms with Crippen LogP contribution in [0.2, 0.25) is 5.02 Å². The first-order valence-electron chi connectivity index (χ1n) is 9.41. The number of hydrogen-bond donors (Lipinski definition) is 0. The van der Waals surface area contributed by atoms with Crippen molar-refractivity contribution < 1.29 is 0 Å². The van der Waals surface area contributed by atoms with Crippen molar-refractivity contribution in [1.82, 2.24) is 24.6 Å². The zero-order valence-electron chi connectivity index (χ0n) is 15.7. The summed E-state index contributed by atoms with van der Waals surface area (Å²) in [7, 11) is 2.17. The van der Waals surface area contributed by atoms with Crippen LogP contribution in [0.1, 0.15) is 5.82 Å². The Labute approximate surface area is 169 Å². The van der Waals surface area contributed by atoms with Gasteiger partial charge in [-0.3, -0.25) is 9.47 Å². The molecule has 0 saturated carbocycles. The molecule has 0 bridgehead atoms. The predicted octanol–water partition coefficient (Wildman–Crippen LogP) is 3.62. The molecule has 2 aliphatic heterocycles. The van der Waals surface area contributed by atoms with E-state index in [1.807, 2.05) is 28.8 Å². The molecule has 6 nitrogen and oxygen atoms in total. The molecule has 0 unspecified atom stereocenters. The first-order chi connectivity index (χ1) is 13.7. The Morgan fingerprint density at radius 2 is 1.71 bits per heavy atom. The van der Waals surface area contributed by atoms with Crippen molar-refractivity contribution in [2.45, 2.75) is 0 Å². The van der Waals surface area contributed by atoms with E-state index >= 15 is 0 Å². The second-order valence-corrected chi connectivity index (χ2v) is 7.59. The Morgan fingerprint density at radius 1 is 0.929 bits per heavy atom. The van der Waals surface area contributed by atoms with Crippen LogP contribution in [0.25, 0.3) is 11.8 Å². The molecular weight excluding hydrogens is 372 g/mol. The van der Waals surface area contributed by atoms with Crippen LogP contribution < -0.4 is 4.90 Å². The Bertz CT molecular complexity index is 1020. The average molecular weight is 393 g/mol. The van der Waals surface area contributed by atoms with Gasteiger partial charge in [-0.1, -0.05) is 29.8 Å². The lowest BCUT2D eigenvalue weighted by atomic mass is 10.2. The zero-order valence-corrected chi connectivity index (χ0v) is 16.4. The second-order valence-electron chi connectivity index (χ2n) is 7.16. The molecule has 0 radical (unpaired) electrons. The third-order valence-corrected chi connectivity index (χ3v) is 5.58. The Morgan fingerprint density at radius 3 is 2.50 bits per heavy atom. The van der Waals surface area contributed by atoms with Gasteiger partial charge in [0.15, 0.2) is 5.82 Å². The van der Waals surface area contributed by atoms with Crippen molar-refractivity contribution in [3.8, 4) is 5.69 Å². The first-order valence-corrected chi connectivity index (χ1v) is 9.79. The van der Waals surface area contributed by atoms with Crippen LogP contribution in [0.4, 0.5) is 11.4 Å². The van der Waals surface area contributed by atoms with E-state index in [2.05, 4.69) is 62.3 Å². The molecule has 0 N–H and O–H groups in total. The van der Waals surface area contributed by atoms with Gasteiger partial charge in [0, 0.05) is 43.0 Å². The normalized spacial score (nSPS) is 17.0. The standard InChI is InChI=1S/C21H21ClN6/c1-25-9-11-26(12-10-25)21-14-20-24-23-15-27(20)18-8-7-16(22)13-19(18)28(21)17-5-3-2-4-6-17/h2-8,13-15H,9-12H2,1H3. The molecule has 1 fully saturated rings. The van der Waals surface area contributed by atoms with Crippen LogP contribution in [0.5, 0.6) is 0 Å². The molecule has 7 heteroatoms. The fourth-order valence-electron chi connectivity index (χ4n) is 3.83. The lowest BCUT2D eigenvalue weighted by molar-refractivity contribution is 0.186. The van der Waals surface area contributed by atoms with Gasteiger partial charge in [0.2, 0.25) is 0 Å². The Hall–Kier alpha value is -2.83. The molecule has 0 amide bonds. The van der Waals surface area contributed by atoms with E-state index in [0.717, 1.165) is 54.9 Å². The molecule has 28 heavy (non-hydrogen) atoms. The number of hydrogen-bond acceptors (Lipinski definition) is 5. The van der Waals surface area contributed by atoms with Crippen LogP contribution in [0.3, 0.4) is 0 Å². The van der Waals surface area contributed by atoms with Crippen LogP contribution in [-0.2, 0) is 0 Å². The van der Waals surface area contributed by atoms with Crippen molar-refractivity contribution in [2.24, 2.45) is 0 Å². The number of anilines is 2. The lowest BCUT2D eigenvalue weighted by Gasteiger charge is -2.40. The quantitative estimate of drug-likeness (QED) is 0.666. The maximum absolute atomic E-state index is 6.43. The van der Waals surface area contributed by atoms with E-state index in [1.165, 1.54) is 0 Å². The molecule has 142 valence electrons. The van der Waals surface area contributed by atoms with Gasteiger partial charge >= 0.3 is 0 Å². The minimum Gasteiger partial charge on any atom is -0.355 e.